The SMILES string of the molecule is NC1NC(=O)c2[nH]cc(CN3C[C@H](CO)[C@@H](O)C3)c2N1. The van der Waals surface area contributed by atoms with E-state index >= 15 is 0 Å². The molecule has 0 bridgehead atoms. The average Bonchev–Trinajstić information content (AvgIpc) is 2.94. The number of β-amino-alcohol motifs (C(OH)–C–C–N with tert-alkyl or cyclic N) is 1. The van der Waals surface area contributed by atoms with E-state index in [2.05, 4.69) is 20.5 Å². The second-order valence-electron chi connectivity index (χ2n) is 5.36. The molecular formula is C12H19N5O3. The Morgan fingerprint density at radius 3 is 2.90 bits per heavy atom. The first-order valence-electron chi connectivity index (χ1n) is 6.63. The fourth-order valence-corrected chi connectivity index (χ4v) is 2.83. The number of hydrogen-bond acceptors (Lipinski definition) is 6. The van der Waals surface area contributed by atoms with E-state index in [1.165, 1.54) is 0 Å². The number of carbonyl (C=O) groups excluding carboxylic acids is 1. The van der Waals surface area contributed by atoms with Crippen LogP contribution >= 0.6 is 0 Å². The number of nitrogens with two attached hydrogens (primary N) is 1. The van der Waals surface area contributed by atoms with E-state index < -0.39 is 12.4 Å². The number of aromatic amines is 1. The fourth-order valence-electron chi connectivity index (χ4n) is 2.83. The van der Waals surface area contributed by atoms with Crippen LogP contribution in [0, 0.1) is 5.92 Å². The Bertz CT molecular complexity index is 517. The molecule has 3 rings (SSSR count). The van der Waals surface area contributed by atoms with Crippen molar-refractivity contribution in [2.75, 3.05) is 25.0 Å². The van der Waals surface area contributed by atoms with Crippen molar-refractivity contribution in [2.24, 2.45) is 11.7 Å². The molecule has 1 amide bonds. The first-order valence-corrected chi connectivity index (χ1v) is 6.63. The lowest BCUT2D eigenvalue weighted by Crippen LogP contribution is -2.50. The summed E-state index contributed by atoms with van der Waals surface area (Å²) in [7, 11) is 0. The van der Waals surface area contributed by atoms with Crippen LogP contribution in [-0.2, 0) is 6.54 Å². The molecule has 2 aliphatic rings. The summed E-state index contributed by atoms with van der Waals surface area (Å²) in [6.07, 6.45) is 0.667. The number of likely N-dealkylation sites (tertiary alicyclic amines) is 1. The van der Waals surface area contributed by atoms with Crippen LogP contribution in [0.5, 0.6) is 0 Å². The molecule has 1 unspecified atom stereocenters. The van der Waals surface area contributed by atoms with Crippen LogP contribution in [0.15, 0.2) is 6.20 Å². The van der Waals surface area contributed by atoms with Gasteiger partial charge in [0.15, 0.2) is 6.29 Å². The molecule has 1 aromatic heterocycles. The van der Waals surface area contributed by atoms with Crippen LogP contribution in [0.25, 0.3) is 0 Å². The summed E-state index contributed by atoms with van der Waals surface area (Å²) in [6, 6.07) is 0. The van der Waals surface area contributed by atoms with Gasteiger partial charge in [-0.25, -0.2) is 0 Å². The lowest BCUT2D eigenvalue weighted by molar-refractivity contribution is 0.0932. The summed E-state index contributed by atoms with van der Waals surface area (Å²) >= 11 is 0. The zero-order chi connectivity index (χ0) is 14.3. The van der Waals surface area contributed by atoms with Gasteiger partial charge >= 0.3 is 0 Å². The molecule has 1 fully saturated rings. The predicted molar refractivity (Wildman–Crippen MR) is 71.7 cm³/mol. The van der Waals surface area contributed by atoms with Crippen molar-refractivity contribution in [1.29, 1.82) is 0 Å². The van der Waals surface area contributed by atoms with E-state index in [1.54, 1.807) is 6.20 Å². The van der Waals surface area contributed by atoms with Crippen LogP contribution < -0.4 is 16.4 Å². The summed E-state index contributed by atoms with van der Waals surface area (Å²) in [4.78, 5) is 16.7. The van der Waals surface area contributed by atoms with Crippen LogP contribution in [0.4, 0.5) is 5.69 Å². The first-order chi connectivity index (χ1) is 9.58. The highest BCUT2D eigenvalue weighted by atomic mass is 16.3. The van der Waals surface area contributed by atoms with Crippen LogP contribution in [0.2, 0.25) is 0 Å². The molecule has 2 aliphatic heterocycles. The number of rotatable bonds is 3. The number of nitrogens with one attached hydrogen (secondary N) is 3. The van der Waals surface area contributed by atoms with Gasteiger partial charge in [-0.1, -0.05) is 0 Å². The molecule has 7 N–H and O–H groups in total. The smallest absolute Gasteiger partial charge is 0.272 e. The second-order valence-corrected chi connectivity index (χ2v) is 5.36. The second kappa shape index (κ2) is 5.06. The highest BCUT2D eigenvalue weighted by Crippen LogP contribution is 2.27. The molecule has 3 heterocycles. The largest absolute Gasteiger partial charge is 0.396 e. The quantitative estimate of drug-likeness (QED) is 0.388. The first kappa shape index (κ1) is 13.4. The van der Waals surface area contributed by atoms with Crippen molar-refractivity contribution in [3.8, 4) is 0 Å². The number of hydrogen-bond donors (Lipinski definition) is 6. The highest BCUT2D eigenvalue weighted by Gasteiger charge is 2.32. The summed E-state index contributed by atoms with van der Waals surface area (Å²) in [5.74, 6) is -0.338. The summed E-state index contributed by atoms with van der Waals surface area (Å²) in [5, 5.41) is 24.6. The van der Waals surface area contributed by atoms with Crippen molar-refractivity contribution >= 4 is 11.6 Å². The number of carbonyl (C=O) groups is 1. The minimum Gasteiger partial charge on any atom is -0.396 e. The molecule has 0 saturated carbocycles. The molecule has 1 saturated heterocycles. The van der Waals surface area contributed by atoms with Gasteiger partial charge in [0, 0.05) is 43.9 Å². The zero-order valence-electron chi connectivity index (χ0n) is 11.0. The molecule has 0 aliphatic carbocycles. The van der Waals surface area contributed by atoms with E-state index in [1.807, 2.05) is 0 Å². The molecule has 0 radical (unpaired) electrons. The number of aliphatic hydroxyl groups is 2. The van der Waals surface area contributed by atoms with Crippen molar-refractivity contribution in [2.45, 2.75) is 18.9 Å². The minimum atomic E-state index is -0.598. The lowest BCUT2D eigenvalue weighted by Gasteiger charge is -2.24. The number of anilines is 1. The third kappa shape index (κ3) is 2.27. The minimum absolute atomic E-state index is 0.0194. The molecular weight excluding hydrogens is 262 g/mol. The number of fused-ring (bicyclic) bond motifs is 1. The normalized spacial score (nSPS) is 29.9. The number of nitrogens with zero attached hydrogens (tertiary/aromatic N) is 1. The van der Waals surface area contributed by atoms with Gasteiger partial charge in [-0.2, -0.15) is 0 Å². The Morgan fingerprint density at radius 1 is 1.40 bits per heavy atom. The number of H-pyrrole nitrogens is 1. The summed E-state index contributed by atoms with van der Waals surface area (Å²) < 4.78 is 0. The molecule has 3 atom stereocenters. The fraction of sp³-hybridized carbons (Fsp3) is 0.583. The zero-order valence-corrected chi connectivity index (χ0v) is 11.0. The van der Waals surface area contributed by atoms with E-state index in [0.717, 1.165) is 5.56 Å². The molecule has 1 aromatic rings. The third-order valence-electron chi connectivity index (χ3n) is 3.89. The van der Waals surface area contributed by atoms with Gasteiger partial charge in [0.2, 0.25) is 0 Å². The predicted octanol–water partition coefficient (Wildman–Crippen LogP) is -1.80. The van der Waals surface area contributed by atoms with Gasteiger partial charge in [0.1, 0.15) is 5.69 Å². The Balaban J connectivity index is 1.75. The molecule has 8 nitrogen and oxygen atoms in total. The number of aliphatic hydroxyl groups excluding tert-OH is 2. The van der Waals surface area contributed by atoms with E-state index in [0.29, 0.717) is 31.0 Å². The maximum absolute atomic E-state index is 11.7. The monoisotopic (exact) mass is 281 g/mol. The van der Waals surface area contributed by atoms with Crippen LogP contribution in [0.1, 0.15) is 16.1 Å². The van der Waals surface area contributed by atoms with E-state index in [9.17, 15) is 9.90 Å². The van der Waals surface area contributed by atoms with E-state index in [4.69, 9.17) is 10.8 Å². The maximum Gasteiger partial charge on any atom is 0.272 e. The summed E-state index contributed by atoms with van der Waals surface area (Å²) in [6.45, 7) is 1.72. The molecule has 20 heavy (non-hydrogen) atoms. The van der Waals surface area contributed by atoms with Gasteiger partial charge in [-0.05, 0) is 0 Å². The Morgan fingerprint density at radius 2 is 2.20 bits per heavy atom. The topological polar surface area (TPSA) is 127 Å². The van der Waals surface area contributed by atoms with Crippen molar-refractivity contribution in [3.63, 3.8) is 0 Å². The third-order valence-corrected chi connectivity index (χ3v) is 3.89. The lowest BCUT2D eigenvalue weighted by atomic mass is 10.1. The number of aromatic nitrogens is 1. The van der Waals surface area contributed by atoms with Gasteiger partial charge in [0.05, 0.1) is 11.8 Å². The standard InChI is InChI=1S/C12H19N5O3/c13-12-15-9-6(1-14-10(9)11(20)16-12)2-17-3-7(5-18)8(19)4-17/h1,7-8,12,14-15,18-19H,2-5,13H2,(H,16,20)/t7-,8+,12?/m1/s1. The van der Waals surface area contributed by atoms with Gasteiger partial charge in [-0.3, -0.25) is 15.4 Å². The van der Waals surface area contributed by atoms with Gasteiger partial charge in [-0.15, -0.1) is 0 Å². The molecule has 0 spiro atoms. The van der Waals surface area contributed by atoms with Gasteiger partial charge in [0.25, 0.3) is 5.91 Å². The molecule has 8 heteroatoms. The Hall–Kier alpha value is -1.61. The van der Waals surface area contributed by atoms with Crippen molar-refractivity contribution in [1.82, 2.24) is 15.2 Å². The average molecular weight is 281 g/mol. The van der Waals surface area contributed by atoms with Crippen LogP contribution in [0.3, 0.4) is 0 Å². The maximum atomic E-state index is 11.7. The highest BCUT2D eigenvalue weighted by molar-refractivity contribution is 6.00. The molecule has 110 valence electrons. The Labute approximate surface area is 115 Å². The van der Waals surface area contributed by atoms with E-state index in [-0.39, 0.29) is 18.4 Å². The van der Waals surface area contributed by atoms with Crippen molar-refractivity contribution in [3.05, 3.63) is 17.5 Å². The van der Waals surface area contributed by atoms with Crippen molar-refractivity contribution < 1.29 is 15.0 Å². The number of amides is 1. The van der Waals surface area contributed by atoms with Crippen LogP contribution in [-0.4, -0.2) is 58.1 Å². The summed E-state index contributed by atoms with van der Waals surface area (Å²) in [5.41, 5.74) is 7.81. The Kier molecular flexibility index (Phi) is 3.38. The molecule has 0 aromatic carbocycles. The van der Waals surface area contributed by atoms with Gasteiger partial charge < -0.3 is 25.8 Å².